The third kappa shape index (κ3) is 3.04. The minimum atomic E-state index is -0.959. The molecule has 1 aromatic rings. The molecule has 0 aliphatic carbocycles. The van der Waals surface area contributed by atoms with Crippen LogP contribution in [0.2, 0.25) is 0 Å². The van der Waals surface area contributed by atoms with Crippen LogP contribution in [0.25, 0.3) is 4.85 Å². The molecule has 0 heterocycles. The van der Waals surface area contributed by atoms with Crippen molar-refractivity contribution in [3.05, 3.63) is 51.4 Å². The highest BCUT2D eigenvalue weighted by atomic mass is 16.6. The van der Waals surface area contributed by atoms with Gasteiger partial charge >= 0.3 is 0 Å². The van der Waals surface area contributed by atoms with Crippen LogP contribution in [0.5, 0.6) is 0 Å². The van der Waals surface area contributed by atoms with E-state index in [-0.39, 0.29) is 12.1 Å². The SMILES string of the molecule is [C-]#[N+]C(c1ccc([N+](=O)[O-])cc1)C(O)CC#C. The maximum Gasteiger partial charge on any atom is 0.275 e. The van der Waals surface area contributed by atoms with Crippen LogP contribution in [0.3, 0.4) is 0 Å². The summed E-state index contributed by atoms with van der Waals surface area (Å²) >= 11 is 0. The molecule has 0 aliphatic rings. The summed E-state index contributed by atoms with van der Waals surface area (Å²) in [6.45, 7) is 7.01. The summed E-state index contributed by atoms with van der Waals surface area (Å²) in [6.07, 6.45) is 4.18. The molecule has 0 aromatic heterocycles. The Morgan fingerprint density at radius 3 is 2.53 bits per heavy atom. The van der Waals surface area contributed by atoms with E-state index in [9.17, 15) is 15.2 Å². The monoisotopic (exact) mass is 230 g/mol. The molecular formula is C12H10N2O3. The summed E-state index contributed by atoms with van der Waals surface area (Å²) in [5, 5.41) is 20.1. The van der Waals surface area contributed by atoms with Crippen molar-refractivity contribution in [1.29, 1.82) is 0 Å². The largest absolute Gasteiger partial charge is 0.384 e. The van der Waals surface area contributed by atoms with E-state index in [4.69, 9.17) is 13.0 Å². The lowest BCUT2D eigenvalue weighted by Crippen LogP contribution is -2.14. The lowest BCUT2D eigenvalue weighted by molar-refractivity contribution is -0.384. The van der Waals surface area contributed by atoms with Crippen LogP contribution in [-0.2, 0) is 0 Å². The molecule has 86 valence electrons. The maximum absolute atomic E-state index is 10.5. The smallest absolute Gasteiger partial charge is 0.275 e. The standard InChI is InChI=1S/C12H10N2O3/c1-3-4-11(15)12(13-2)9-5-7-10(8-6-9)14(16)17/h1,5-8,11-12,15H,4H2. The number of hydrogen-bond acceptors (Lipinski definition) is 3. The highest BCUT2D eigenvalue weighted by Crippen LogP contribution is 2.25. The molecule has 0 bridgehead atoms. The van der Waals surface area contributed by atoms with Crippen LogP contribution in [0.4, 0.5) is 5.69 Å². The van der Waals surface area contributed by atoms with Crippen LogP contribution in [-0.4, -0.2) is 16.1 Å². The Morgan fingerprint density at radius 1 is 1.53 bits per heavy atom. The van der Waals surface area contributed by atoms with Crippen LogP contribution in [0.15, 0.2) is 24.3 Å². The number of aliphatic hydroxyl groups is 1. The normalized spacial score (nSPS) is 13.1. The zero-order valence-electron chi connectivity index (χ0n) is 8.91. The third-order valence-electron chi connectivity index (χ3n) is 2.28. The molecule has 17 heavy (non-hydrogen) atoms. The number of rotatable bonds is 4. The number of nitrogens with zero attached hydrogens (tertiary/aromatic N) is 2. The van der Waals surface area contributed by atoms with Gasteiger partial charge in [0.1, 0.15) is 6.10 Å². The van der Waals surface area contributed by atoms with Crippen LogP contribution >= 0.6 is 0 Å². The van der Waals surface area contributed by atoms with E-state index < -0.39 is 17.1 Å². The van der Waals surface area contributed by atoms with Gasteiger partial charge in [-0.25, -0.2) is 6.57 Å². The van der Waals surface area contributed by atoms with Crippen molar-refractivity contribution in [2.75, 3.05) is 0 Å². The number of nitro groups is 1. The Kier molecular flexibility index (Phi) is 4.21. The second-order valence-electron chi connectivity index (χ2n) is 3.40. The van der Waals surface area contributed by atoms with Crippen LogP contribution < -0.4 is 0 Å². The molecule has 0 radical (unpaired) electrons. The van der Waals surface area contributed by atoms with E-state index in [0.29, 0.717) is 5.56 Å². The van der Waals surface area contributed by atoms with Gasteiger partial charge in [-0.3, -0.25) is 10.1 Å². The number of benzene rings is 1. The molecule has 0 fully saturated rings. The summed E-state index contributed by atoms with van der Waals surface area (Å²) in [4.78, 5) is 13.2. The Labute approximate surface area is 98.7 Å². The van der Waals surface area contributed by atoms with E-state index in [0.717, 1.165) is 0 Å². The highest BCUT2D eigenvalue weighted by molar-refractivity contribution is 5.35. The second-order valence-corrected chi connectivity index (χ2v) is 3.40. The first-order valence-corrected chi connectivity index (χ1v) is 4.82. The lowest BCUT2D eigenvalue weighted by atomic mass is 10.00. The van der Waals surface area contributed by atoms with Crippen molar-refractivity contribution < 1.29 is 10.0 Å². The molecule has 0 spiro atoms. The fourth-order valence-corrected chi connectivity index (χ4v) is 1.41. The first-order chi connectivity index (χ1) is 8.10. The van der Waals surface area contributed by atoms with Gasteiger partial charge in [0.25, 0.3) is 11.7 Å². The first-order valence-electron chi connectivity index (χ1n) is 4.82. The topological polar surface area (TPSA) is 67.7 Å². The molecule has 1 N–H and O–H groups in total. The number of aliphatic hydroxyl groups excluding tert-OH is 1. The van der Waals surface area contributed by atoms with E-state index >= 15 is 0 Å². The Morgan fingerprint density at radius 2 is 2.12 bits per heavy atom. The highest BCUT2D eigenvalue weighted by Gasteiger charge is 2.25. The Hall–Kier alpha value is -2.37. The predicted octanol–water partition coefficient (Wildman–Crippen LogP) is 1.94. The van der Waals surface area contributed by atoms with Gasteiger partial charge in [0.2, 0.25) is 0 Å². The molecule has 5 nitrogen and oxygen atoms in total. The van der Waals surface area contributed by atoms with E-state index in [2.05, 4.69) is 10.8 Å². The minimum absolute atomic E-state index is 0.0519. The van der Waals surface area contributed by atoms with Gasteiger partial charge in [0, 0.05) is 24.1 Å². The van der Waals surface area contributed by atoms with Gasteiger partial charge in [0.15, 0.2) is 0 Å². The number of terminal acetylenes is 1. The molecule has 2 unspecified atom stereocenters. The van der Waals surface area contributed by atoms with Crippen LogP contribution in [0, 0.1) is 29.0 Å². The van der Waals surface area contributed by atoms with Crippen molar-refractivity contribution in [3.63, 3.8) is 0 Å². The zero-order chi connectivity index (χ0) is 12.8. The minimum Gasteiger partial charge on any atom is -0.384 e. The molecular weight excluding hydrogens is 220 g/mol. The van der Waals surface area contributed by atoms with Gasteiger partial charge in [-0.15, -0.1) is 12.3 Å². The van der Waals surface area contributed by atoms with E-state index in [1.807, 2.05) is 0 Å². The van der Waals surface area contributed by atoms with E-state index in [1.54, 1.807) is 0 Å². The average molecular weight is 230 g/mol. The molecule has 0 saturated heterocycles. The van der Waals surface area contributed by atoms with Gasteiger partial charge in [-0.05, 0) is 12.1 Å². The van der Waals surface area contributed by atoms with Gasteiger partial charge in [-0.2, -0.15) is 0 Å². The summed E-state index contributed by atoms with van der Waals surface area (Å²) in [6, 6.07) is 4.74. The fraction of sp³-hybridized carbons (Fsp3) is 0.250. The Balaban J connectivity index is 2.95. The maximum atomic E-state index is 10.5. The fourth-order valence-electron chi connectivity index (χ4n) is 1.41. The van der Waals surface area contributed by atoms with Crippen LogP contribution in [0.1, 0.15) is 18.0 Å². The van der Waals surface area contributed by atoms with Crippen molar-refractivity contribution in [3.8, 4) is 12.3 Å². The number of nitro benzene ring substituents is 1. The molecule has 0 amide bonds. The zero-order valence-corrected chi connectivity index (χ0v) is 8.91. The average Bonchev–Trinajstić information content (AvgIpc) is 2.31. The molecule has 0 saturated carbocycles. The molecule has 1 aromatic carbocycles. The van der Waals surface area contributed by atoms with Gasteiger partial charge in [0.05, 0.1) is 4.92 Å². The van der Waals surface area contributed by atoms with Crippen molar-refractivity contribution in [2.45, 2.75) is 18.6 Å². The van der Waals surface area contributed by atoms with Crippen molar-refractivity contribution in [2.24, 2.45) is 0 Å². The van der Waals surface area contributed by atoms with Crippen molar-refractivity contribution >= 4 is 5.69 Å². The molecule has 2 atom stereocenters. The summed E-state index contributed by atoms with van der Waals surface area (Å²) in [5.74, 6) is 2.28. The Bertz CT molecular complexity index is 482. The van der Waals surface area contributed by atoms with E-state index in [1.165, 1.54) is 24.3 Å². The summed E-state index contributed by atoms with van der Waals surface area (Å²) < 4.78 is 0. The number of non-ortho nitro benzene ring substituents is 1. The first kappa shape index (κ1) is 12.7. The van der Waals surface area contributed by atoms with Gasteiger partial charge in [-0.1, -0.05) is 0 Å². The van der Waals surface area contributed by atoms with Gasteiger partial charge < -0.3 is 9.95 Å². The molecule has 5 heteroatoms. The van der Waals surface area contributed by atoms with Crippen molar-refractivity contribution in [1.82, 2.24) is 0 Å². The molecule has 1 rings (SSSR count). The summed E-state index contributed by atoms with van der Waals surface area (Å²) in [7, 11) is 0. The molecule has 0 aliphatic heterocycles. The predicted molar refractivity (Wildman–Crippen MR) is 61.9 cm³/mol. The quantitative estimate of drug-likeness (QED) is 0.372. The third-order valence-corrected chi connectivity index (χ3v) is 2.28. The lowest BCUT2D eigenvalue weighted by Gasteiger charge is -2.10. The second kappa shape index (κ2) is 5.64. The number of hydrogen-bond donors (Lipinski definition) is 1. The summed E-state index contributed by atoms with van der Waals surface area (Å²) in [5.41, 5.74) is 0.470.